The van der Waals surface area contributed by atoms with E-state index in [1.807, 2.05) is 6.92 Å². The summed E-state index contributed by atoms with van der Waals surface area (Å²) in [6.45, 7) is 2.04. The topological polar surface area (TPSA) is 66.4 Å². The molecule has 0 radical (unpaired) electrons. The summed E-state index contributed by atoms with van der Waals surface area (Å²) in [4.78, 5) is 22.6. The molecule has 2 N–H and O–H groups in total. The Morgan fingerprint density at radius 2 is 1.95 bits per heavy atom. The van der Waals surface area contributed by atoms with Crippen LogP contribution in [0.15, 0.2) is 24.3 Å². The fraction of sp³-hybridized carbons (Fsp3) is 0.500. The standard InChI is InChI=1S/C16H21NO3/c1-11(2-3-12-4-5-12)17-15(18)10-13-6-8-14(9-7-13)16(19)20/h6-9,11-12H,2-5,10H2,1H3,(H,17,18)(H,19,20). The molecule has 1 amide bonds. The van der Waals surface area contributed by atoms with Crippen molar-refractivity contribution in [2.24, 2.45) is 5.92 Å². The first-order chi connectivity index (χ1) is 9.54. The molecule has 2 rings (SSSR count). The van der Waals surface area contributed by atoms with Crippen molar-refractivity contribution in [3.8, 4) is 0 Å². The monoisotopic (exact) mass is 275 g/mol. The molecule has 1 aromatic carbocycles. The molecule has 0 bridgehead atoms. The Morgan fingerprint density at radius 1 is 1.30 bits per heavy atom. The summed E-state index contributed by atoms with van der Waals surface area (Å²) < 4.78 is 0. The highest BCUT2D eigenvalue weighted by Crippen LogP contribution is 2.33. The number of hydrogen-bond acceptors (Lipinski definition) is 2. The normalized spacial score (nSPS) is 15.7. The second kappa shape index (κ2) is 6.55. The fourth-order valence-corrected chi connectivity index (χ4v) is 2.24. The Labute approximate surface area is 119 Å². The fourth-order valence-electron chi connectivity index (χ4n) is 2.24. The molecule has 20 heavy (non-hydrogen) atoms. The summed E-state index contributed by atoms with van der Waals surface area (Å²) >= 11 is 0. The van der Waals surface area contributed by atoms with Crippen molar-refractivity contribution in [1.82, 2.24) is 5.32 Å². The maximum Gasteiger partial charge on any atom is 0.335 e. The van der Waals surface area contributed by atoms with Gasteiger partial charge in [0.25, 0.3) is 0 Å². The van der Waals surface area contributed by atoms with Gasteiger partial charge in [-0.1, -0.05) is 25.0 Å². The van der Waals surface area contributed by atoms with Gasteiger partial charge in [-0.3, -0.25) is 4.79 Å². The third-order valence-electron chi connectivity index (χ3n) is 3.68. The molecule has 1 atom stereocenters. The third-order valence-corrected chi connectivity index (χ3v) is 3.68. The van der Waals surface area contributed by atoms with E-state index in [9.17, 15) is 9.59 Å². The highest BCUT2D eigenvalue weighted by Gasteiger charge is 2.21. The number of rotatable bonds is 7. The molecular formula is C16H21NO3. The molecule has 1 aromatic rings. The molecule has 1 fully saturated rings. The van der Waals surface area contributed by atoms with Gasteiger partial charge >= 0.3 is 5.97 Å². The number of carbonyl (C=O) groups excluding carboxylic acids is 1. The van der Waals surface area contributed by atoms with Gasteiger partial charge in [0.2, 0.25) is 5.91 Å². The maximum atomic E-state index is 11.9. The number of carbonyl (C=O) groups is 2. The minimum Gasteiger partial charge on any atom is -0.478 e. The SMILES string of the molecule is CC(CCC1CC1)NC(=O)Cc1ccc(C(=O)O)cc1. The lowest BCUT2D eigenvalue weighted by atomic mass is 10.1. The van der Waals surface area contributed by atoms with Crippen LogP contribution in [0.2, 0.25) is 0 Å². The molecule has 1 aliphatic carbocycles. The van der Waals surface area contributed by atoms with Crippen LogP contribution in [0.4, 0.5) is 0 Å². The van der Waals surface area contributed by atoms with Crippen molar-refractivity contribution in [2.45, 2.75) is 45.1 Å². The van der Waals surface area contributed by atoms with E-state index in [0.717, 1.165) is 17.9 Å². The summed E-state index contributed by atoms with van der Waals surface area (Å²) in [5.74, 6) is -0.0658. The number of hydrogen-bond donors (Lipinski definition) is 2. The molecule has 1 saturated carbocycles. The predicted octanol–water partition coefficient (Wildman–Crippen LogP) is 2.62. The van der Waals surface area contributed by atoms with Gasteiger partial charge in [0.1, 0.15) is 0 Å². The second-order valence-corrected chi connectivity index (χ2v) is 5.67. The molecule has 0 spiro atoms. The van der Waals surface area contributed by atoms with Gasteiger partial charge in [-0.05, 0) is 43.4 Å². The Hall–Kier alpha value is -1.84. The summed E-state index contributed by atoms with van der Waals surface area (Å²) in [5.41, 5.74) is 1.08. The van der Waals surface area contributed by atoms with Crippen LogP contribution in [0.25, 0.3) is 0 Å². The number of benzene rings is 1. The lowest BCUT2D eigenvalue weighted by molar-refractivity contribution is -0.121. The molecule has 108 valence electrons. The van der Waals surface area contributed by atoms with Crippen LogP contribution in [-0.2, 0) is 11.2 Å². The summed E-state index contributed by atoms with van der Waals surface area (Å²) in [5, 5.41) is 11.8. The number of aromatic carboxylic acids is 1. The zero-order chi connectivity index (χ0) is 14.5. The molecule has 0 heterocycles. The quantitative estimate of drug-likeness (QED) is 0.804. The second-order valence-electron chi connectivity index (χ2n) is 5.67. The predicted molar refractivity (Wildman–Crippen MR) is 76.7 cm³/mol. The first kappa shape index (κ1) is 14.6. The van der Waals surface area contributed by atoms with Crippen LogP contribution in [-0.4, -0.2) is 23.0 Å². The van der Waals surface area contributed by atoms with Crippen LogP contribution in [0.3, 0.4) is 0 Å². The minimum absolute atomic E-state index is 0.00336. The summed E-state index contributed by atoms with van der Waals surface area (Å²) in [6.07, 6.45) is 5.23. The molecule has 0 aliphatic heterocycles. The molecule has 4 heteroatoms. The van der Waals surface area contributed by atoms with E-state index in [2.05, 4.69) is 5.32 Å². The number of carboxylic acids is 1. The first-order valence-electron chi connectivity index (χ1n) is 7.16. The summed E-state index contributed by atoms with van der Waals surface area (Å²) in [7, 11) is 0. The van der Waals surface area contributed by atoms with E-state index in [4.69, 9.17) is 5.11 Å². The first-order valence-corrected chi connectivity index (χ1v) is 7.16. The van der Waals surface area contributed by atoms with E-state index in [0.29, 0.717) is 6.42 Å². The molecule has 1 unspecified atom stereocenters. The lowest BCUT2D eigenvalue weighted by Gasteiger charge is -2.13. The molecule has 0 saturated heterocycles. The minimum atomic E-state index is -0.949. The number of amides is 1. The van der Waals surface area contributed by atoms with Gasteiger partial charge < -0.3 is 10.4 Å². The maximum absolute atomic E-state index is 11.9. The number of carboxylic acid groups (broad SMARTS) is 1. The van der Waals surface area contributed by atoms with Crippen molar-refractivity contribution in [1.29, 1.82) is 0 Å². The van der Waals surface area contributed by atoms with E-state index in [1.165, 1.54) is 31.4 Å². The van der Waals surface area contributed by atoms with Gasteiger partial charge in [0.15, 0.2) is 0 Å². The Balaban J connectivity index is 1.76. The average Bonchev–Trinajstić information content (AvgIpc) is 3.21. The zero-order valence-electron chi connectivity index (χ0n) is 11.8. The van der Waals surface area contributed by atoms with Gasteiger partial charge in [-0.25, -0.2) is 4.79 Å². The molecular weight excluding hydrogens is 254 g/mol. The van der Waals surface area contributed by atoms with Gasteiger partial charge in [0, 0.05) is 6.04 Å². The number of nitrogens with one attached hydrogen (secondary N) is 1. The van der Waals surface area contributed by atoms with Crippen molar-refractivity contribution in [3.63, 3.8) is 0 Å². The average molecular weight is 275 g/mol. The zero-order valence-corrected chi connectivity index (χ0v) is 11.8. The van der Waals surface area contributed by atoms with E-state index < -0.39 is 5.97 Å². The van der Waals surface area contributed by atoms with Crippen LogP contribution in [0.1, 0.15) is 48.5 Å². The molecule has 0 aromatic heterocycles. The Morgan fingerprint density at radius 3 is 2.50 bits per heavy atom. The third kappa shape index (κ3) is 4.68. The Kier molecular flexibility index (Phi) is 4.77. The lowest BCUT2D eigenvalue weighted by Crippen LogP contribution is -2.33. The van der Waals surface area contributed by atoms with Crippen LogP contribution in [0, 0.1) is 5.92 Å². The van der Waals surface area contributed by atoms with Gasteiger partial charge in [-0.15, -0.1) is 0 Å². The van der Waals surface area contributed by atoms with Crippen LogP contribution >= 0.6 is 0 Å². The smallest absolute Gasteiger partial charge is 0.335 e. The van der Waals surface area contributed by atoms with Crippen molar-refractivity contribution >= 4 is 11.9 Å². The highest BCUT2D eigenvalue weighted by atomic mass is 16.4. The van der Waals surface area contributed by atoms with E-state index in [1.54, 1.807) is 12.1 Å². The highest BCUT2D eigenvalue weighted by molar-refractivity contribution is 5.87. The van der Waals surface area contributed by atoms with Crippen LogP contribution in [0.5, 0.6) is 0 Å². The molecule has 1 aliphatic rings. The summed E-state index contributed by atoms with van der Waals surface area (Å²) in [6, 6.07) is 6.65. The van der Waals surface area contributed by atoms with Crippen molar-refractivity contribution in [2.75, 3.05) is 0 Å². The largest absolute Gasteiger partial charge is 0.478 e. The molecule has 4 nitrogen and oxygen atoms in total. The van der Waals surface area contributed by atoms with Crippen molar-refractivity contribution in [3.05, 3.63) is 35.4 Å². The van der Waals surface area contributed by atoms with Gasteiger partial charge in [-0.2, -0.15) is 0 Å². The van der Waals surface area contributed by atoms with Crippen LogP contribution < -0.4 is 5.32 Å². The Bertz CT molecular complexity index is 477. The van der Waals surface area contributed by atoms with Crippen molar-refractivity contribution < 1.29 is 14.7 Å². The van der Waals surface area contributed by atoms with Gasteiger partial charge in [0.05, 0.1) is 12.0 Å². The van der Waals surface area contributed by atoms with E-state index >= 15 is 0 Å². The van der Waals surface area contributed by atoms with E-state index in [-0.39, 0.29) is 17.5 Å².